The molecule has 0 N–H and O–H groups in total. The molecule has 0 spiro atoms. The van der Waals surface area contributed by atoms with E-state index in [1.165, 1.54) is 17.7 Å². The van der Waals surface area contributed by atoms with Crippen molar-refractivity contribution in [3.8, 4) is 0 Å². The molecule has 0 aromatic heterocycles. The number of allylic oxidation sites excluding steroid dienone is 2. The van der Waals surface area contributed by atoms with E-state index in [9.17, 15) is 4.39 Å². The maximum absolute atomic E-state index is 12.8. The van der Waals surface area contributed by atoms with E-state index >= 15 is 0 Å². The van der Waals surface area contributed by atoms with Crippen LogP contribution in [0.2, 0.25) is 0 Å². The fraction of sp³-hybridized carbons (Fsp3) is 0.167. The highest BCUT2D eigenvalue weighted by molar-refractivity contribution is 5.81. The maximum Gasteiger partial charge on any atom is 0.123 e. The lowest BCUT2D eigenvalue weighted by molar-refractivity contribution is 0.628. The lowest BCUT2D eigenvalue weighted by Gasteiger charge is -1.99. The Labute approximate surface area is 119 Å². The van der Waals surface area contributed by atoms with Crippen LogP contribution in [-0.4, -0.2) is 6.21 Å². The first kappa shape index (κ1) is 14.2. The molecule has 0 bridgehead atoms. The largest absolute Gasteiger partial charge is 0.256 e. The van der Waals surface area contributed by atoms with E-state index in [1.54, 1.807) is 18.3 Å². The smallest absolute Gasteiger partial charge is 0.123 e. The zero-order valence-electron chi connectivity index (χ0n) is 11.6. The minimum absolute atomic E-state index is 0.241. The van der Waals surface area contributed by atoms with Gasteiger partial charge in [0.15, 0.2) is 0 Å². The van der Waals surface area contributed by atoms with Gasteiger partial charge in [-0.2, -0.15) is 0 Å². The van der Waals surface area contributed by atoms with Gasteiger partial charge >= 0.3 is 0 Å². The van der Waals surface area contributed by atoms with E-state index in [0.29, 0.717) is 0 Å². The van der Waals surface area contributed by atoms with Gasteiger partial charge in [0.05, 0.1) is 5.69 Å². The van der Waals surface area contributed by atoms with E-state index in [0.717, 1.165) is 24.1 Å². The highest BCUT2D eigenvalue weighted by Crippen LogP contribution is 2.12. The lowest BCUT2D eigenvalue weighted by atomic mass is 10.1. The monoisotopic (exact) mass is 267 g/mol. The predicted molar refractivity (Wildman–Crippen MR) is 83.2 cm³/mol. The molecular formula is C18H18FN. The van der Waals surface area contributed by atoms with E-state index in [1.807, 2.05) is 6.92 Å². The summed E-state index contributed by atoms with van der Waals surface area (Å²) in [5.74, 6) is -0.241. The van der Waals surface area contributed by atoms with Gasteiger partial charge in [0.25, 0.3) is 0 Å². The van der Waals surface area contributed by atoms with Crippen LogP contribution in [0.1, 0.15) is 24.5 Å². The Bertz CT molecular complexity index is 580. The molecule has 0 aliphatic rings. The van der Waals surface area contributed by atoms with Crippen molar-refractivity contribution in [1.82, 2.24) is 0 Å². The molecule has 0 unspecified atom stereocenters. The molecule has 0 heterocycles. The number of rotatable bonds is 5. The normalized spacial score (nSPS) is 11.5. The van der Waals surface area contributed by atoms with Gasteiger partial charge in [-0.05, 0) is 55.2 Å². The van der Waals surface area contributed by atoms with Gasteiger partial charge in [0.1, 0.15) is 5.82 Å². The number of halogens is 1. The Morgan fingerprint density at radius 2 is 1.70 bits per heavy atom. The van der Waals surface area contributed by atoms with Crippen molar-refractivity contribution in [3.05, 3.63) is 77.6 Å². The number of aryl methyl sites for hydroxylation is 1. The van der Waals surface area contributed by atoms with E-state index in [2.05, 4.69) is 41.4 Å². The first-order valence-electron chi connectivity index (χ1n) is 6.77. The summed E-state index contributed by atoms with van der Waals surface area (Å²) in [5.41, 5.74) is 3.12. The van der Waals surface area contributed by atoms with Crippen LogP contribution in [0.25, 0.3) is 0 Å². The molecule has 0 aliphatic carbocycles. The molecule has 2 heteroatoms. The van der Waals surface area contributed by atoms with E-state index in [4.69, 9.17) is 0 Å². The second-order valence-electron chi connectivity index (χ2n) is 4.58. The number of hydrogen-bond acceptors (Lipinski definition) is 1. The summed E-state index contributed by atoms with van der Waals surface area (Å²) in [7, 11) is 0. The molecule has 0 atom stereocenters. The quantitative estimate of drug-likeness (QED) is 0.529. The highest BCUT2D eigenvalue weighted by Gasteiger charge is 1.93. The van der Waals surface area contributed by atoms with Gasteiger partial charge in [0, 0.05) is 6.21 Å². The third-order valence-corrected chi connectivity index (χ3v) is 3.00. The Morgan fingerprint density at radius 3 is 2.35 bits per heavy atom. The summed E-state index contributed by atoms with van der Waals surface area (Å²) < 4.78 is 12.8. The SMILES string of the molecule is C/C=C/CCc1ccc(C=Nc2ccc(F)cc2)cc1. The molecule has 0 fully saturated rings. The van der Waals surface area contributed by atoms with Gasteiger partial charge in [-0.1, -0.05) is 36.4 Å². The van der Waals surface area contributed by atoms with Crippen molar-refractivity contribution >= 4 is 11.9 Å². The summed E-state index contributed by atoms with van der Waals surface area (Å²) >= 11 is 0. The molecule has 0 aliphatic heterocycles. The van der Waals surface area contributed by atoms with Crippen LogP contribution >= 0.6 is 0 Å². The van der Waals surface area contributed by atoms with Crippen molar-refractivity contribution in [2.75, 3.05) is 0 Å². The maximum atomic E-state index is 12.8. The molecule has 1 nitrogen and oxygen atoms in total. The molecule has 0 saturated carbocycles. The van der Waals surface area contributed by atoms with Crippen LogP contribution in [0, 0.1) is 5.82 Å². The van der Waals surface area contributed by atoms with Gasteiger partial charge in [-0.15, -0.1) is 0 Å². The second kappa shape index (κ2) is 7.39. The molecule has 2 aromatic rings. The Kier molecular flexibility index (Phi) is 5.24. The van der Waals surface area contributed by atoms with E-state index in [-0.39, 0.29) is 5.82 Å². The summed E-state index contributed by atoms with van der Waals surface area (Å²) in [6.07, 6.45) is 8.16. The number of benzene rings is 2. The Morgan fingerprint density at radius 1 is 1.00 bits per heavy atom. The number of aliphatic imine (C=N–C) groups is 1. The first-order chi connectivity index (χ1) is 9.78. The summed E-state index contributed by atoms with van der Waals surface area (Å²) in [4.78, 5) is 4.32. The molecule has 2 rings (SSSR count). The topological polar surface area (TPSA) is 12.4 Å². The fourth-order valence-corrected chi connectivity index (χ4v) is 1.86. The average molecular weight is 267 g/mol. The minimum Gasteiger partial charge on any atom is -0.256 e. The van der Waals surface area contributed by atoms with Crippen molar-refractivity contribution in [2.45, 2.75) is 19.8 Å². The van der Waals surface area contributed by atoms with Crippen molar-refractivity contribution in [3.63, 3.8) is 0 Å². The molecule has 20 heavy (non-hydrogen) atoms. The first-order valence-corrected chi connectivity index (χ1v) is 6.77. The average Bonchev–Trinajstić information content (AvgIpc) is 2.48. The van der Waals surface area contributed by atoms with Crippen LogP contribution in [0.5, 0.6) is 0 Å². The molecule has 0 radical (unpaired) electrons. The van der Waals surface area contributed by atoms with Crippen molar-refractivity contribution < 1.29 is 4.39 Å². The van der Waals surface area contributed by atoms with Crippen LogP contribution < -0.4 is 0 Å². The molecule has 2 aromatic carbocycles. The van der Waals surface area contributed by atoms with Gasteiger partial charge in [-0.3, -0.25) is 4.99 Å². The van der Waals surface area contributed by atoms with Gasteiger partial charge in [-0.25, -0.2) is 4.39 Å². The van der Waals surface area contributed by atoms with Gasteiger partial charge in [0.2, 0.25) is 0 Å². The van der Waals surface area contributed by atoms with Crippen molar-refractivity contribution in [2.24, 2.45) is 4.99 Å². The summed E-state index contributed by atoms with van der Waals surface area (Å²) in [5, 5.41) is 0. The van der Waals surface area contributed by atoms with Crippen LogP contribution in [-0.2, 0) is 6.42 Å². The standard InChI is InChI=1S/C18H18FN/c1-2-3-4-5-15-6-8-16(9-7-15)14-20-18-12-10-17(19)11-13-18/h2-3,6-14H,4-5H2,1H3/b3-2+,20-14?. The zero-order chi connectivity index (χ0) is 14.2. The van der Waals surface area contributed by atoms with Crippen LogP contribution in [0.3, 0.4) is 0 Å². The molecular weight excluding hydrogens is 249 g/mol. The molecule has 102 valence electrons. The Balaban J connectivity index is 1.97. The molecule has 0 amide bonds. The Hall–Kier alpha value is -2.22. The third kappa shape index (κ3) is 4.47. The zero-order valence-corrected chi connectivity index (χ0v) is 11.6. The lowest BCUT2D eigenvalue weighted by Crippen LogP contribution is -1.85. The number of nitrogens with zero attached hydrogens (tertiary/aromatic N) is 1. The summed E-state index contributed by atoms with van der Waals surface area (Å²) in [6, 6.07) is 14.5. The van der Waals surface area contributed by atoms with Gasteiger partial charge < -0.3 is 0 Å². The number of hydrogen-bond donors (Lipinski definition) is 0. The third-order valence-electron chi connectivity index (χ3n) is 3.00. The predicted octanol–water partition coefficient (Wildman–Crippen LogP) is 5.09. The fourth-order valence-electron chi connectivity index (χ4n) is 1.86. The van der Waals surface area contributed by atoms with Crippen LogP contribution in [0.15, 0.2) is 65.7 Å². The second-order valence-corrected chi connectivity index (χ2v) is 4.58. The summed E-state index contributed by atoms with van der Waals surface area (Å²) in [6.45, 7) is 2.04. The molecule has 0 saturated heterocycles. The van der Waals surface area contributed by atoms with Crippen molar-refractivity contribution in [1.29, 1.82) is 0 Å². The highest BCUT2D eigenvalue weighted by atomic mass is 19.1. The van der Waals surface area contributed by atoms with Crippen LogP contribution in [0.4, 0.5) is 10.1 Å². The van der Waals surface area contributed by atoms with E-state index < -0.39 is 0 Å². The minimum atomic E-state index is -0.241.